The van der Waals surface area contributed by atoms with Gasteiger partial charge >= 0.3 is 6.61 Å². The third kappa shape index (κ3) is 3.36. The van der Waals surface area contributed by atoms with Crippen LogP contribution in [-0.2, 0) is 0 Å². The number of hydrogen-bond donors (Lipinski definition) is 0. The molecule has 21 heavy (non-hydrogen) atoms. The monoisotopic (exact) mass is 302 g/mol. The molecule has 0 aromatic heterocycles. The van der Waals surface area contributed by atoms with Crippen LogP contribution in [0.3, 0.4) is 0 Å². The minimum absolute atomic E-state index is 0.196. The standard InChI is InChI=1S/C14H7F5O2/c15-10-6-12(17)11(16)5-9(10)13(20)7-2-1-3-8(4-7)21-14(18)19/h1-6,14H. The van der Waals surface area contributed by atoms with Gasteiger partial charge in [0, 0.05) is 11.6 Å². The highest BCUT2D eigenvalue weighted by molar-refractivity contribution is 6.09. The van der Waals surface area contributed by atoms with Crippen molar-refractivity contribution in [3.05, 3.63) is 65.0 Å². The van der Waals surface area contributed by atoms with E-state index >= 15 is 0 Å². The van der Waals surface area contributed by atoms with E-state index in [1.807, 2.05) is 0 Å². The molecule has 0 aliphatic rings. The van der Waals surface area contributed by atoms with Crippen LogP contribution in [0.15, 0.2) is 36.4 Å². The van der Waals surface area contributed by atoms with E-state index in [4.69, 9.17) is 0 Å². The maximum absolute atomic E-state index is 13.5. The van der Waals surface area contributed by atoms with Crippen molar-refractivity contribution in [1.82, 2.24) is 0 Å². The zero-order valence-corrected chi connectivity index (χ0v) is 10.2. The summed E-state index contributed by atoms with van der Waals surface area (Å²) in [5.74, 6) is -5.36. The van der Waals surface area contributed by atoms with Gasteiger partial charge in [-0.15, -0.1) is 0 Å². The lowest BCUT2D eigenvalue weighted by atomic mass is 10.0. The second kappa shape index (κ2) is 5.90. The van der Waals surface area contributed by atoms with Crippen molar-refractivity contribution >= 4 is 5.78 Å². The first-order valence-electron chi connectivity index (χ1n) is 5.62. The van der Waals surface area contributed by atoms with Crippen LogP contribution in [0.2, 0.25) is 0 Å². The van der Waals surface area contributed by atoms with Crippen LogP contribution < -0.4 is 4.74 Å². The molecule has 110 valence electrons. The average molecular weight is 302 g/mol. The predicted octanol–water partition coefficient (Wildman–Crippen LogP) is 3.94. The lowest BCUT2D eigenvalue weighted by molar-refractivity contribution is -0.0498. The van der Waals surface area contributed by atoms with Gasteiger partial charge in [-0.3, -0.25) is 4.79 Å². The number of ether oxygens (including phenoxy) is 1. The predicted molar refractivity (Wildman–Crippen MR) is 62.8 cm³/mol. The van der Waals surface area contributed by atoms with Crippen molar-refractivity contribution < 1.29 is 31.5 Å². The zero-order chi connectivity index (χ0) is 15.6. The highest BCUT2D eigenvalue weighted by Crippen LogP contribution is 2.21. The summed E-state index contributed by atoms with van der Waals surface area (Å²) in [6, 6.07) is 5.22. The normalized spacial score (nSPS) is 10.8. The lowest BCUT2D eigenvalue weighted by Crippen LogP contribution is -2.07. The first-order valence-corrected chi connectivity index (χ1v) is 5.62. The SMILES string of the molecule is O=C(c1cccc(OC(F)F)c1)c1cc(F)c(F)cc1F. The molecule has 0 bridgehead atoms. The molecule has 0 spiro atoms. The summed E-state index contributed by atoms with van der Waals surface area (Å²) < 4.78 is 67.6. The molecule has 0 saturated heterocycles. The van der Waals surface area contributed by atoms with Crippen molar-refractivity contribution in [2.75, 3.05) is 0 Å². The summed E-state index contributed by atoms with van der Waals surface area (Å²) in [4.78, 5) is 12.0. The maximum atomic E-state index is 13.5. The molecular formula is C14H7F5O2. The van der Waals surface area contributed by atoms with Gasteiger partial charge in [0.2, 0.25) is 0 Å². The van der Waals surface area contributed by atoms with Crippen LogP contribution in [-0.4, -0.2) is 12.4 Å². The van der Waals surface area contributed by atoms with Crippen molar-refractivity contribution in [3.63, 3.8) is 0 Å². The number of halogens is 5. The highest BCUT2D eigenvalue weighted by Gasteiger charge is 2.18. The van der Waals surface area contributed by atoms with Crippen LogP contribution in [0.25, 0.3) is 0 Å². The molecule has 2 rings (SSSR count). The topological polar surface area (TPSA) is 26.3 Å². The first kappa shape index (κ1) is 15.0. The number of hydrogen-bond acceptors (Lipinski definition) is 2. The number of benzene rings is 2. The van der Waals surface area contributed by atoms with E-state index in [1.54, 1.807) is 0 Å². The van der Waals surface area contributed by atoms with Crippen molar-refractivity contribution in [2.24, 2.45) is 0 Å². The van der Waals surface area contributed by atoms with E-state index < -0.39 is 35.4 Å². The molecule has 2 aromatic carbocycles. The van der Waals surface area contributed by atoms with E-state index in [0.29, 0.717) is 6.07 Å². The minimum atomic E-state index is -3.09. The Morgan fingerprint density at radius 1 is 0.952 bits per heavy atom. The summed E-state index contributed by atoms with van der Waals surface area (Å²) in [6.45, 7) is -3.09. The number of alkyl halides is 2. The Bertz CT molecular complexity index is 685. The fourth-order valence-corrected chi connectivity index (χ4v) is 1.67. The van der Waals surface area contributed by atoms with Gasteiger partial charge in [-0.1, -0.05) is 12.1 Å². The largest absolute Gasteiger partial charge is 0.435 e. The van der Waals surface area contributed by atoms with E-state index in [1.165, 1.54) is 18.2 Å². The molecule has 0 aliphatic heterocycles. The number of carbonyl (C=O) groups is 1. The molecule has 0 heterocycles. The highest BCUT2D eigenvalue weighted by atomic mass is 19.3. The van der Waals surface area contributed by atoms with E-state index in [2.05, 4.69) is 4.74 Å². The number of rotatable bonds is 4. The fraction of sp³-hybridized carbons (Fsp3) is 0.0714. The molecule has 0 fully saturated rings. The second-order valence-corrected chi connectivity index (χ2v) is 3.98. The van der Waals surface area contributed by atoms with Crippen LogP contribution in [0, 0.1) is 17.5 Å². The van der Waals surface area contributed by atoms with Gasteiger partial charge in [-0.2, -0.15) is 8.78 Å². The Kier molecular flexibility index (Phi) is 4.21. The molecule has 7 heteroatoms. The van der Waals surface area contributed by atoms with Crippen LogP contribution in [0.1, 0.15) is 15.9 Å². The Labute approximate surface area is 115 Å². The van der Waals surface area contributed by atoms with Crippen LogP contribution in [0.4, 0.5) is 22.0 Å². The van der Waals surface area contributed by atoms with E-state index in [0.717, 1.165) is 6.07 Å². The second-order valence-electron chi connectivity index (χ2n) is 3.98. The third-order valence-corrected chi connectivity index (χ3v) is 2.58. The molecule has 0 amide bonds. The zero-order valence-electron chi connectivity index (χ0n) is 10.2. The summed E-state index contributed by atoms with van der Waals surface area (Å²) in [5, 5.41) is 0. The smallest absolute Gasteiger partial charge is 0.387 e. The summed E-state index contributed by atoms with van der Waals surface area (Å²) in [7, 11) is 0. The Balaban J connectivity index is 2.38. The fourth-order valence-electron chi connectivity index (χ4n) is 1.67. The first-order chi connectivity index (χ1) is 9.88. The van der Waals surface area contributed by atoms with Gasteiger partial charge in [0.1, 0.15) is 11.6 Å². The maximum Gasteiger partial charge on any atom is 0.387 e. The Morgan fingerprint density at radius 2 is 1.62 bits per heavy atom. The summed E-state index contributed by atoms with van der Waals surface area (Å²) >= 11 is 0. The van der Waals surface area contributed by atoms with Gasteiger partial charge in [-0.05, 0) is 18.2 Å². The van der Waals surface area contributed by atoms with Crippen molar-refractivity contribution in [3.8, 4) is 5.75 Å². The Morgan fingerprint density at radius 3 is 2.29 bits per heavy atom. The summed E-state index contributed by atoms with van der Waals surface area (Å²) in [6.07, 6.45) is 0. The van der Waals surface area contributed by atoms with Crippen molar-refractivity contribution in [2.45, 2.75) is 6.61 Å². The molecule has 0 saturated carbocycles. The molecule has 0 aliphatic carbocycles. The van der Waals surface area contributed by atoms with Crippen LogP contribution in [0.5, 0.6) is 5.75 Å². The number of carbonyl (C=O) groups excluding carboxylic acids is 1. The Hall–Kier alpha value is -2.44. The number of ketones is 1. The van der Waals surface area contributed by atoms with Gasteiger partial charge < -0.3 is 4.74 Å². The molecule has 2 nitrogen and oxygen atoms in total. The molecule has 0 radical (unpaired) electrons. The van der Waals surface area contributed by atoms with Gasteiger partial charge in [0.15, 0.2) is 17.4 Å². The molecule has 0 unspecified atom stereocenters. The lowest BCUT2D eigenvalue weighted by Gasteiger charge is -2.07. The van der Waals surface area contributed by atoms with Gasteiger partial charge in [0.05, 0.1) is 5.56 Å². The molecule has 0 atom stereocenters. The average Bonchev–Trinajstić information content (AvgIpc) is 2.41. The van der Waals surface area contributed by atoms with Gasteiger partial charge in [0.25, 0.3) is 0 Å². The van der Waals surface area contributed by atoms with Gasteiger partial charge in [-0.25, -0.2) is 13.2 Å². The quantitative estimate of drug-likeness (QED) is 0.486. The van der Waals surface area contributed by atoms with E-state index in [-0.39, 0.29) is 17.4 Å². The molecular weight excluding hydrogens is 295 g/mol. The third-order valence-electron chi connectivity index (χ3n) is 2.58. The van der Waals surface area contributed by atoms with E-state index in [9.17, 15) is 26.7 Å². The van der Waals surface area contributed by atoms with Crippen molar-refractivity contribution in [1.29, 1.82) is 0 Å². The molecule has 0 N–H and O–H groups in total. The minimum Gasteiger partial charge on any atom is -0.435 e. The summed E-state index contributed by atoms with van der Waals surface area (Å²) in [5.41, 5.74) is -0.902. The molecule has 2 aromatic rings. The van der Waals surface area contributed by atoms with Crippen LogP contribution >= 0.6 is 0 Å².